The minimum absolute atomic E-state index is 0.0623. The van der Waals surface area contributed by atoms with Gasteiger partial charge in [-0.1, -0.05) is 20.3 Å². The zero-order chi connectivity index (χ0) is 11.6. The highest BCUT2D eigenvalue weighted by molar-refractivity contribution is 4.98. The maximum Gasteiger partial charge on any atom is 0.0601 e. The van der Waals surface area contributed by atoms with Crippen molar-refractivity contribution in [1.82, 2.24) is 5.32 Å². The van der Waals surface area contributed by atoms with Crippen molar-refractivity contribution in [3.63, 3.8) is 0 Å². The molecule has 0 heterocycles. The summed E-state index contributed by atoms with van der Waals surface area (Å²) in [5, 5.41) is 12.9. The first-order chi connectivity index (χ1) is 6.94. The van der Waals surface area contributed by atoms with Gasteiger partial charge in [0.15, 0.2) is 0 Å². The first-order valence-corrected chi connectivity index (χ1v) is 6.07. The molecule has 0 saturated heterocycles. The van der Waals surface area contributed by atoms with Crippen molar-refractivity contribution in [1.29, 1.82) is 0 Å². The smallest absolute Gasteiger partial charge is 0.0601 e. The Morgan fingerprint density at radius 3 is 2.33 bits per heavy atom. The third kappa shape index (κ3) is 2.92. The molecule has 1 aliphatic rings. The fourth-order valence-electron chi connectivity index (χ4n) is 2.58. The van der Waals surface area contributed by atoms with Crippen LogP contribution in [0.15, 0.2) is 0 Å². The van der Waals surface area contributed by atoms with E-state index in [4.69, 9.17) is 5.73 Å². The van der Waals surface area contributed by atoms with E-state index in [2.05, 4.69) is 33.0 Å². The second-order valence-electron chi connectivity index (χ2n) is 5.46. The van der Waals surface area contributed by atoms with Crippen LogP contribution in [0, 0.1) is 17.8 Å². The van der Waals surface area contributed by atoms with E-state index in [1.165, 1.54) is 0 Å². The molecule has 0 spiro atoms. The van der Waals surface area contributed by atoms with Gasteiger partial charge in [-0.25, -0.2) is 0 Å². The number of aliphatic hydroxyl groups is 1. The van der Waals surface area contributed by atoms with Crippen molar-refractivity contribution in [3.05, 3.63) is 0 Å². The SMILES string of the molecule is CC[C@@H](C[C@H]1[C@@H](C)[C@H]1O)C(C)(C)NCN. The van der Waals surface area contributed by atoms with Crippen LogP contribution in [-0.4, -0.2) is 23.4 Å². The molecule has 0 bridgehead atoms. The Hall–Kier alpha value is -0.120. The monoisotopic (exact) mass is 214 g/mol. The summed E-state index contributed by atoms with van der Waals surface area (Å²) in [5.74, 6) is 1.59. The number of nitrogens with two attached hydrogens (primary N) is 1. The van der Waals surface area contributed by atoms with Crippen molar-refractivity contribution in [3.8, 4) is 0 Å². The summed E-state index contributed by atoms with van der Waals surface area (Å²) in [6.45, 7) is 9.27. The average molecular weight is 214 g/mol. The molecule has 3 nitrogen and oxygen atoms in total. The summed E-state index contributed by atoms with van der Waals surface area (Å²) in [6.07, 6.45) is 2.18. The van der Waals surface area contributed by atoms with E-state index in [1.807, 2.05) is 0 Å². The predicted octanol–water partition coefficient (Wildman–Crippen LogP) is 1.31. The van der Waals surface area contributed by atoms with Crippen LogP contribution < -0.4 is 11.1 Å². The molecule has 1 aliphatic carbocycles. The van der Waals surface area contributed by atoms with Crippen LogP contribution in [0.25, 0.3) is 0 Å². The predicted molar refractivity (Wildman–Crippen MR) is 63.3 cm³/mol. The van der Waals surface area contributed by atoms with Crippen molar-refractivity contribution >= 4 is 0 Å². The summed E-state index contributed by atoms with van der Waals surface area (Å²) < 4.78 is 0. The van der Waals surface area contributed by atoms with E-state index >= 15 is 0 Å². The molecule has 0 aliphatic heterocycles. The van der Waals surface area contributed by atoms with Gasteiger partial charge < -0.3 is 10.8 Å². The summed E-state index contributed by atoms with van der Waals surface area (Å²) >= 11 is 0. The lowest BCUT2D eigenvalue weighted by Crippen LogP contribution is -2.48. The number of hydrogen-bond acceptors (Lipinski definition) is 3. The minimum Gasteiger partial charge on any atom is -0.393 e. The fraction of sp³-hybridized carbons (Fsp3) is 1.00. The molecule has 15 heavy (non-hydrogen) atoms. The highest BCUT2D eigenvalue weighted by Gasteiger charge is 2.47. The Morgan fingerprint density at radius 1 is 1.47 bits per heavy atom. The van der Waals surface area contributed by atoms with Gasteiger partial charge in [0.25, 0.3) is 0 Å². The molecule has 0 radical (unpaired) electrons. The van der Waals surface area contributed by atoms with Gasteiger partial charge in [0.05, 0.1) is 6.10 Å². The van der Waals surface area contributed by atoms with E-state index in [9.17, 15) is 5.11 Å². The minimum atomic E-state index is -0.0623. The average Bonchev–Trinajstić information content (AvgIpc) is 2.70. The van der Waals surface area contributed by atoms with Gasteiger partial charge >= 0.3 is 0 Å². The van der Waals surface area contributed by atoms with Crippen molar-refractivity contribution in [2.45, 2.75) is 52.2 Å². The Labute approximate surface area is 93.4 Å². The summed E-state index contributed by atoms with van der Waals surface area (Å²) in [5.41, 5.74) is 5.62. The lowest BCUT2D eigenvalue weighted by Gasteiger charge is -2.35. The van der Waals surface area contributed by atoms with Crippen molar-refractivity contribution in [2.24, 2.45) is 23.5 Å². The summed E-state index contributed by atoms with van der Waals surface area (Å²) in [7, 11) is 0. The third-order valence-corrected chi connectivity index (χ3v) is 4.14. The Balaban J connectivity index is 2.48. The number of rotatable bonds is 6. The van der Waals surface area contributed by atoms with Gasteiger partial charge in [0.1, 0.15) is 0 Å². The molecular weight excluding hydrogens is 188 g/mol. The molecule has 0 unspecified atom stereocenters. The zero-order valence-corrected chi connectivity index (χ0v) is 10.5. The van der Waals surface area contributed by atoms with Gasteiger partial charge in [-0.3, -0.25) is 5.32 Å². The maximum absolute atomic E-state index is 9.59. The largest absolute Gasteiger partial charge is 0.393 e. The summed E-state index contributed by atoms with van der Waals surface area (Å²) in [6, 6.07) is 0. The van der Waals surface area contributed by atoms with E-state index in [0.717, 1.165) is 12.8 Å². The van der Waals surface area contributed by atoms with Crippen molar-refractivity contribution in [2.75, 3.05) is 6.67 Å². The number of hydrogen-bond donors (Lipinski definition) is 3. The molecular formula is C12H26N2O. The number of aliphatic hydroxyl groups excluding tert-OH is 1. The van der Waals surface area contributed by atoms with Crippen LogP contribution >= 0.6 is 0 Å². The maximum atomic E-state index is 9.59. The molecule has 0 aromatic carbocycles. The molecule has 3 heteroatoms. The molecule has 90 valence electrons. The molecule has 1 saturated carbocycles. The second kappa shape index (κ2) is 4.81. The Bertz CT molecular complexity index is 198. The van der Waals surface area contributed by atoms with Gasteiger partial charge in [0, 0.05) is 12.2 Å². The molecule has 1 rings (SSSR count). The Morgan fingerprint density at radius 2 is 2.00 bits per heavy atom. The van der Waals surface area contributed by atoms with Gasteiger partial charge in [-0.2, -0.15) is 0 Å². The quantitative estimate of drug-likeness (QED) is 0.584. The number of nitrogens with one attached hydrogen (secondary N) is 1. The van der Waals surface area contributed by atoms with E-state index < -0.39 is 0 Å². The zero-order valence-electron chi connectivity index (χ0n) is 10.5. The first kappa shape index (κ1) is 12.9. The Kier molecular flexibility index (Phi) is 4.15. The van der Waals surface area contributed by atoms with Gasteiger partial charge in [-0.15, -0.1) is 0 Å². The first-order valence-electron chi connectivity index (χ1n) is 6.07. The van der Waals surface area contributed by atoms with Gasteiger partial charge in [0.2, 0.25) is 0 Å². The van der Waals surface area contributed by atoms with E-state index in [1.54, 1.807) is 0 Å². The van der Waals surface area contributed by atoms with E-state index in [0.29, 0.717) is 24.4 Å². The molecule has 4 N–H and O–H groups in total. The summed E-state index contributed by atoms with van der Waals surface area (Å²) in [4.78, 5) is 0. The van der Waals surface area contributed by atoms with Gasteiger partial charge in [-0.05, 0) is 38.0 Å². The van der Waals surface area contributed by atoms with Crippen LogP contribution in [0.4, 0.5) is 0 Å². The molecule has 0 aromatic rings. The standard InChI is InChI=1S/C12H26N2O/c1-5-9(12(3,4)14-7-13)6-10-8(2)11(10)15/h8-11,14-15H,5-7,13H2,1-4H3/t8-,9+,10+,11-/m1/s1. The topological polar surface area (TPSA) is 58.3 Å². The molecule has 0 aromatic heterocycles. The molecule has 0 amide bonds. The lowest BCUT2D eigenvalue weighted by molar-refractivity contribution is 0.200. The fourth-order valence-corrected chi connectivity index (χ4v) is 2.58. The van der Waals surface area contributed by atoms with Crippen LogP contribution in [0.2, 0.25) is 0 Å². The van der Waals surface area contributed by atoms with Crippen LogP contribution in [-0.2, 0) is 0 Å². The van der Waals surface area contributed by atoms with E-state index in [-0.39, 0.29) is 11.6 Å². The highest BCUT2D eigenvalue weighted by Crippen LogP contribution is 2.45. The van der Waals surface area contributed by atoms with Crippen molar-refractivity contribution < 1.29 is 5.11 Å². The normalized spacial score (nSPS) is 32.8. The second-order valence-corrected chi connectivity index (χ2v) is 5.46. The molecule has 1 fully saturated rings. The highest BCUT2D eigenvalue weighted by atomic mass is 16.3. The molecule has 4 atom stereocenters. The van der Waals surface area contributed by atoms with Crippen LogP contribution in [0.1, 0.15) is 40.5 Å². The third-order valence-electron chi connectivity index (χ3n) is 4.14. The van der Waals surface area contributed by atoms with Crippen LogP contribution in [0.3, 0.4) is 0 Å². The lowest BCUT2D eigenvalue weighted by atomic mass is 9.81. The van der Waals surface area contributed by atoms with Crippen LogP contribution in [0.5, 0.6) is 0 Å².